The average molecular weight is 312 g/mol. The maximum absolute atomic E-state index is 12.4. The Morgan fingerprint density at radius 2 is 1.83 bits per heavy atom. The summed E-state index contributed by atoms with van der Waals surface area (Å²) in [6.45, 7) is 2.67. The predicted octanol–water partition coefficient (Wildman–Crippen LogP) is 2.94. The molecule has 1 amide bonds. The first kappa shape index (κ1) is 16.5. The lowest BCUT2D eigenvalue weighted by Gasteiger charge is -2.21. The summed E-state index contributed by atoms with van der Waals surface area (Å²) in [6, 6.07) is 16.4. The highest BCUT2D eigenvalue weighted by atomic mass is 16.5. The number of benzene rings is 2. The molecule has 0 atom stereocenters. The van der Waals surface area contributed by atoms with Crippen molar-refractivity contribution in [3.8, 4) is 0 Å². The molecule has 0 aliphatic rings. The molecule has 0 spiro atoms. The molecular formula is C18H20N2O3. The molecular weight excluding hydrogens is 292 g/mol. The number of anilines is 2. The van der Waals surface area contributed by atoms with Crippen LogP contribution in [0.25, 0.3) is 0 Å². The molecule has 0 unspecified atom stereocenters. The molecule has 0 heterocycles. The molecule has 1 N–H and O–H groups in total. The van der Waals surface area contributed by atoms with E-state index in [-0.39, 0.29) is 12.5 Å². The topological polar surface area (TPSA) is 58.6 Å². The van der Waals surface area contributed by atoms with Gasteiger partial charge in [0.1, 0.15) is 0 Å². The van der Waals surface area contributed by atoms with Crippen LogP contribution in [0.3, 0.4) is 0 Å². The average Bonchev–Trinajstić information content (AvgIpc) is 2.61. The number of carbonyl (C=O) groups is 2. The first-order valence-electron chi connectivity index (χ1n) is 7.43. The van der Waals surface area contributed by atoms with Gasteiger partial charge in [-0.25, -0.2) is 4.79 Å². The van der Waals surface area contributed by atoms with Crippen molar-refractivity contribution in [2.24, 2.45) is 0 Å². The van der Waals surface area contributed by atoms with Crippen LogP contribution < -0.4 is 10.2 Å². The number of carbonyl (C=O) groups excluding carboxylic acids is 2. The van der Waals surface area contributed by atoms with Crippen LogP contribution in [-0.4, -0.2) is 32.1 Å². The second kappa shape index (κ2) is 7.98. The lowest BCUT2D eigenvalue weighted by Crippen LogP contribution is -2.35. The van der Waals surface area contributed by atoms with Gasteiger partial charge in [0, 0.05) is 17.9 Å². The Morgan fingerprint density at radius 3 is 2.48 bits per heavy atom. The van der Waals surface area contributed by atoms with Gasteiger partial charge in [0.15, 0.2) is 0 Å². The summed E-state index contributed by atoms with van der Waals surface area (Å²) in [5.41, 5.74) is 2.01. The van der Waals surface area contributed by atoms with Crippen molar-refractivity contribution in [3.05, 3.63) is 60.2 Å². The highest BCUT2D eigenvalue weighted by molar-refractivity contribution is 5.96. The van der Waals surface area contributed by atoms with E-state index in [2.05, 4.69) is 10.1 Å². The fraction of sp³-hybridized carbons (Fsp3) is 0.222. The van der Waals surface area contributed by atoms with Gasteiger partial charge in [-0.05, 0) is 37.3 Å². The van der Waals surface area contributed by atoms with Crippen molar-refractivity contribution >= 4 is 23.3 Å². The second-order valence-electron chi connectivity index (χ2n) is 4.90. The van der Waals surface area contributed by atoms with Crippen LogP contribution in [0.1, 0.15) is 17.3 Å². The van der Waals surface area contributed by atoms with Crippen molar-refractivity contribution in [2.45, 2.75) is 6.92 Å². The molecule has 0 radical (unpaired) electrons. The summed E-state index contributed by atoms with van der Waals surface area (Å²) in [5.74, 6) is -0.443. The molecule has 0 aliphatic carbocycles. The van der Waals surface area contributed by atoms with Crippen molar-refractivity contribution < 1.29 is 14.3 Å². The maximum atomic E-state index is 12.4. The zero-order chi connectivity index (χ0) is 16.7. The molecule has 2 rings (SSSR count). The summed E-state index contributed by atoms with van der Waals surface area (Å²) >= 11 is 0. The predicted molar refractivity (Wildman–Crippen MR) is 90.7 cm³/mol. The first-order chi connectivity index (χ1) is 11.2. The number of ether oxygens (including phenoxy) is 1. The summed E-state index contributed by atoms with van der Waals surface area (Å²) < 4.78 is 4.69. The first-order valence-corrected chi connectivity index (χ1v) is 7.43. The van der Waals surface area contributed by atoms with Gasteiger partial charge in [-0.15, -0.1) is 0 Å². The van der Waals surface area contributed by atoms with E-state index in [1.807, 2.05) is 37.3 Å². The molecule has 0 aromatic heterocycles. The van der Waals surface area contributed by atoms with Gasteiger partial charge >= 0.3 is 5.97 Å². The van der Waals surface area contributed by atoms with Crippen LogP contribution in [0, 0.1) is 0 Å². The number of hydrogen-bond donors (Lipinski definition) is 1. The Kier molecular flexibility index (Phi) is 5.74. The molecule has 0 saturated heterocycles. The van der Waals surface area contributed by atoms with Gasteiger partial charge in [0.25, 0.3) is 0 Å². The minimum absolute atomic E-state index is 0.0397. The van der Waals surface area contributed by atoms with Crippen LogP contribution in [0.4, 0.5) is 11.4 Å². The number of nitrogens with one attached hydrogen (secondary N) is 1. The number of para-hydroxylation sites is 1. The summed E-state index contributed by atoms with van der Waals surface area (Å²) in [6.07, 6.45) is 0. The third-order valence-electron chi connectivity index (χ3n) is 3.41. The van der Waals surface area contributed by atoms with Gasteiger partial charge in [0.2, 0.25) is 5.91 Å². The Balaban J connectivity index is 2.02. The number of methoxy groups -OCH3 is 1. The molecule has 0 aliphatic heterocycles. The van der Waals surface area contributed by atoms with Crippen LogP contribution in [0.5, 0.6) is 0 Å². The molecule has 2 aromatic carbocycles. The number of nitrogens with zero attached hydrogens (tertiary/aromatic N) is 1. The monoisotopic (exact) mass is 312 g/mol. The summed E-state index contributed by atoms with van der Waals surface area (Å²) in [4.78, 5) is 25.6. The van der Waals surface area contributed by atoms with Gasteiger partial charge in [-0.3, -0.25) is 4.79 Å². The molecule has 0 saturated carbocycles. The highest BCUT2D eigenvalue weighted by Gasteiger charge is 2.13. The van der Waals surface area contributed by atoms with Gasteiger partial charge in [-0.1, -0.05) is 24.3 Å². The van der Waals surface area contributed by atoms with E-state index in [0.29, 0.717) is 17.8 Å². The standard InChI is InChI=1S/C18H20N2O3/c1-3-20(16-10-5-4-6-11-16)17(21)13-19-15-9-7-8-14(12-15)18(22)23-2/h4-12,19H,3,13H2,1-2H3. The second-order valence-corrected chi connectivity index (χ2v) is 4.90. The van der Waals surface area contributed by atoms with Crippen molar-refractivity contribution in [3.63, 3.8) is 0 Å². The highest BCUT2D eigenvalue weighted by Crippen LogP contribution is 2.14. The number of likely N-dealkylation sites (N-methyl/N-ethyl adjacent to an activating group) is 1. The van der Waals surface area contributed by atoms with Crippen LogP contribution in [0.2, 0.25) is 0 Å². The Bertz CT molecular complexity index is 671. The number of amides is 1. The van der Waals surface area contributed by atoms with Gasteiger partial charge in [-0.2, -0.15) is 0 Å². The van der Waals surface area contributed by atoms with Crippen LogP contribution >= 0.6 is 0 Å². The minimum Gasteiger partial charge on any atom is -0.465 e. The largest absolute Gasteiger partial charge is 0.465 e. The van der Waals surface area contributed by atoms with Crippen molar-refractivity contribution in [1.29, 1.82) is 0 Å². The number of esters is 1. The summed E-state index contributed by atoms with van der Waals surface area (Å²) in [7, 11) is 1.34. The molecule has 120 valence electrons. The number of rotatable bonds is 6. The van der Waals surface area contributed by atoms with Gasteiger partial charge < -0.3 is 15.0 Å². The smallest absolute Gasteiger partial charge is 0.337 e. The zero-order valence-corrected chi connectivity index (χ0v) is 13.3. The number of hydrogen-bond acceptors (Lipinski definition) is 4. The third kappa shape index (κ3) is 4.32. The zero-order valence-electron chi connectivity index (χ0n) is 13.3. The molecule has 2 aromatic rings. The third-order valence-corrected chi connectivity index (χ3v) is 3.41. The molecule has 5 nitrogen and oxygen atoms in total. The molecule has 23 heavy (non-hydrogen) atoms. The van der Waals surface area contributed by atoms with E-state index in [0.717, 1.165) is 5.69 Å². The fourth-order valence-electron chi connectivity index (χ4n) is 2.26. The van der Waals surface area contributed by atoms with Crippen molar-refractivity contribution in [1.82, 2.24) is 0 Å². The van der Waals surface area contributed by atoms with E-state index in [4.69, 9.17) is 0 Å². The Hall–Kier alpha value is -2.82. The maximum Gasteiger partial charge on any atom is 0.337 e. The van der Waals surface area contributed by atoms with Crippen molar-refractivity contribution in [2.75, 3.05) is 30.4 Å². The van der Waals surface area contributed by atoms with E-state index in [1.54, 1.807) is 29.2 Å². The van der Waals surface area contributed by atoms with Gasteiger partial charge in [0.05, 0.1) is 19.2 Å². The normalized spacial score (nSPS) is 10.0. The minimum atomic E-state index is -0.403. The Labute approximate surface area is 135 Å². The van der Waals surface area contributed by atoms with Crippen LogP contribution in [0.15, 0.2) is 54.6 Å². The van der Waals surface area contributed by atoms with Crippen LogP contribution in [-0.2, 0) is 9.53 Å². The Morgan fingerprint density at radius 1 is 1.09 bits per heavy atom. The van der Waals surface area contributed by atoms with E-state index in [1.165, 1.54) is 7.11 Å². The molecule has 0 fully saturated rings. The lowest BCUT2D eigenvalue weighted by atomic mass is 10.2. The fourth-order valence-corrected chi connectivity index (χ4v) is 2.26. The molecule has 5 heteroatoms. The van der Waals surface area contributed by atoms with E-state index >= 15 is 0 Å². The molecule has 0 bridgehead atoms. The quantitative estimate of drug-likeness (QED) is 0.833. The SMILES string of the molecule is CCN(C(=O)CNc1cccc(C(=O)OC)c1)c1ccccc1. The van der Waals surface area contributed by atoms with E-state index in [9.17, 15) is 9.59 Å². The lowest BCUT2D eigenvalue weighted by molar-refractivity contribution is -0.116. The summed E-state index contributed by atoms with van der Waals surface area (Å²) in [5, 5.41) is 3.05. The van der Waals surface area contributed by atoms with E-state index < -0.39 is 5.97 Å².